The number of aliphatic hydroxyl groups is 1. The maximum Gasteiger partial charge on any atom is 0.0753 e. The Morgan fingerprint density at radius 2 is 2.00 bits per heavy atom. The quantitative estimate of drug-likeness (QED) is 0.713. The summed E-state index contributed by atoms with van der Waals surface area (Å²) in [5.41, 5.74) is 4.82. The number of likely N-dealkylation sites (tertiary alicyclic amines) is 1. The second-order valence-electron chi connectivity index (χ2n) is 5.60. The van der Waals surface area contributed by atoms with Crippen molar-refractivity contribution >= 4 is 0 Å². The van der Waals surface area contributed by atoms with Crippen LogP contribution in [-0.2, 0) is 0 Å². The molecule has 3 N–H and O–H groups in total. The summed E-state index contributed by atoms with van der Waals surface area (Å²) in [4.78, 5) is 4.89. The first kappa shape index (κ1) is 14.9. The summed E-state index contributed by atoms with van der Waals surface area (Å²) in [5.74, 6) is 0. The van der Waals surface area contributed by atoms with Gasteiger partial charge >= 0.3 is 0 Å². The predicted octanol–water partition coefficient (Wildman–Crippen LogP) is 0.502. The number of hydrogen-bond donors (Lipinski definition) is 2. The zero-order chi connectivity index (χ0) is 12.9. The Bertz CT molecular complexity index is 213. The second-order valence-corrected chi connectivity index (χ2v) is 5.60. The van der Waals surface area contributed by atoms with Crippen molar-refractivity contribution in [3.63, 3.8) is 0 Å². The lowest BCUT2D eigenvalue weighted by molar-refractivity contribution is 0.0399. The van der Waals surface area contributed by atoms with Crippen molar-refractivity contribution < 1.29 is 5.11 Å². The molecule has 0 aliphatic carbocycles. The van der Waals surface area contributed by atoms with Crippen LogP contribution < -0.4 is 5.73 Å². The van der Waals surface area contributed by atoms with Crippen molar-refractivity contribution in [2.45, 2.75) is 44.8 Å². The Balaban J connectivity index is 2.27. The molecule has 0 aromatic carbocycles. The van der Waals surface area contributed by atoms with Gasteiger partial charge in [0.15, 0.2) is 0 Å². The molecule has 17 heavy (non-hydrogen) atoms. The Morgan fingerprint density at radius 3 is 2.47 bits per heavy atom. The van der Waals surface area contributed by atoms with Crippen LogP contribution in [0.5, 0.6) is 0 Å². The fraction of sp³-hybridized carbons (Fsp3) is 1.00. The van der Waals surface area contributed by atoms with Crippen molar-refractivity contribution in [3.05, 3.63) is 0 Å². The molecule has 1 rings (SSSR count). The molecule has 0 bridgehead atoms. The van der Waals surface area contributed by atoms with E-state index in [0.717, 1.165) is 19.5 Å². The highest BCUT2D eigenvalue weighted by molar-refractivity contribution is 4.80. The summed E-state index contributed by atoms with van der Waals surface area (Å²) in [5, 5.41) is 9.89. The van der Waals surface area contributed by atoms with Gasteiger partial charge in [-0.2, -0.15) is 0 Å². The van der Waals surface area contributed by atoms with Crippen molar-refractivity contribution in [2.75, 3.05) is 39.8 Å². The number of hydrogen-bond acceptors (Lipinski definition) is 4. The maximum atomic E-state index is 9.89. The summed E-state index contributed by atoms with van der Waals surface area (Å²) < 4.78 is 0. The molecule has 1 fully saturated rings. The van der Waals surface area contributed by atoms with Crippen molar-refractivity contribution in [1.29, 1.82) is 0 Å². The highest BCUT2D eigenvalue weighted by Gasteiger charge is 2.24. The highest BCUT2D eigenvalue weighted by atomic mass is 16.3. The average Bonchev–Trinajstić information content (AvgIpc) is 2.36. The second kappa shape index (κ2) is 6.69. The summed E-state index contributed by atoms with van der Waals surface area (Å²) in [6.45, 7) is 8.90. The molecule has 0 saturated carbocycles. The highest BCUT2D eigenvalue weighted by Crippen LogP contribution is 2.17. The van der Waals surface area contributed by atoms with Gasteiger partial charge in [-0.1, -0.05) is 6.92 Å². The van der Waals surface area contributed by atoms with E-state index in [4.69, 9.17) is 5.73 Å². The summed E-state index contributed by atoms with van der Waals surface area (Å²) in [6.07, 6.45) is 3.25. The van der Waals surface area contributed by atoms with E-state index in [9.17, 15) is 5.11 Å². The van der Waals surface area contributed by atoms with Gasteiger partial charge in [0.1, 0.15) is 0 Å². The monoisotopic (exact) mass is 243 g/mol. The van der Waals surface area contributed by atoms with E-state index >= 15 is 0 Å². The molecule has 1 aliphatic heterocycles. The SMILES string of the molecule is CCN1CCC(N(C)CCC(C)(O)CN)CC1. The summed E-state index contributed by atoms with van der Waals surface area (Å²) in [6, 6.07) is 0.673. The molecule has 0 spiro atoms. The number of nitrogens with zero attached hydrogens (tertiary/aromatic N) is 2. The van der Waals surface area contributed by atoms with Crippen molar-refractivity contribution in [1.82, 2.24) is 9.80 Å². The molecule has 0 aromatic heterocycles. The third kappa shape index (κ3) is 4.92. The molecule has 1 aliphatic rings. The molecule has 4 heteroatoms. The third-order valence-electron chi connectivity index (χ3n) is 4.07. The van der Waals surface area contributed by atoms with Crippen LogP contribution >= 0.6 is 0 Å². The fourth-order valence-electron chi connectivity index (χ4n) is 2.38. The van der Waals surface area contributed by atoms with Gasteiger partial charge in [-0.25, -0.2) is 0 Å². The van der Waals surface area contributed by atoms with E-state index < -0.39 is 5.60 Å². The molecular weight excluding hydrogens is 214 g/mol. The van der Waals surface area contributed by atoms with E-state index in [1.54, 1.807) is 0 Å². The molecule has 1 heterocycles. The molecule has 4 nitrogen and oxygen atoms in total. The van der Waals surface area contributed by atoms with Crippen LogP contribution in [0.4, 0.5) is 0 Å². The van der Waals surface area contributed by atoms with Crippen LogP contribution in [-0.4, -0.2) is 66.3 Å². The van der Waals surface area contributed by atoms with Crippen LogP contribution in [0.25, 0.3) is 0 Å². The Hall–Kier alpha value is -0.160. The van der Waals surface area contributed by atoms with Gasteiger partial charge < -0.3 is 20.6 Å². The number of nitrogens with two attached hydrogens (primary N) is 1. The van der Waals surface area contributed by atoms with Gasteiger partial charge in [-0.05, 0) is 52.9 Å². The lowest BCUT2D eigenvalue weighted by Crippen LogP contribution is -2.45. The maximum absolute atomic E-state index is 9.89. The molecule has 0 amide bonds. The molecule has 0 radical (unpaired) electrons. The number of piperidine rings is 1. The lowest BCUT2D eigenvalue weighted by Gasteiger charge is -2.37. The van der Waals surface area contributed by atoms with E-state index in [1.165, 1.54) is 25.9 Å². The van der Waals surface area contributed by atoms with Gasteiger partial charge in [-0.15, -0.1) is 0 Å². The zero-order valence-corrected chi connectivity index (χ0v) is 11.7. The summed E-state index contributed by atoms with van der Waals surface area (Å²) in [7, 11) is 2.17. The van der Waals surface area contributed by atoms with E-state index in [1.807, 2.05) is 6.92 Å². The van der Waals surface area contributed by atoms with E-state index in [-0.39, 0.29) is 0 Å². The zero-order valence-electron chi connectivity index (χ0n) is 11.7. The third-order valence-corrected chi connectivity index (χ3v) is 4.07. The lowest BCUT2D eigenvalue weighted by atomic mass is 10.00. The Kier molecular flexibility index (Phi) is 5.86. The van der Waals surface area contributed by atoms with Gasteiger partial charge in [0.25, 0.3) is 0 Å². The molecular formula is C13H29N3O. The molecule has 1 atom stereocenters. The van der Waals surface area contributed by atoms with Crippen LogP contribution in [0.2, 0.25) is 0 Å². The van der Waals surface area contributed by atoms with Crippen LogP contribution in [0.1, 0.15) is 33.1 Å². The first-order valence-electron chi connectivity index (χ1n) is 6.83. The van der Waals surface area contributed by atoms with Crippen LogP contribution in [0.3, 0.4) is 0 Å². The standard InChI is InChI=1S/C13H29N3O/c1-4-16-8-5-12(6-9-16)15(3)10-7-13(2,17)11-14/h12,17H,4-11,14H2,1-3H3. The molecule has 1 saturated heterocycles. The van der Waals surface area contributed by atoms with Crippen molar-refractivity contribution in [2.24, 2.45) is 5.73 Å². The van der Waals surface area contributed by atoms with Gasteiger partial charge in [0.2, 0.25) is 0 Å². The fourth-order valence-corrected chi connectivity index (χ4v) is 2.38. The summed E-state index contributed by atoms with van der Waals surface area (Å²) >= 11 is 0. The largest absolute Gasteiger partial charge is 0.389 e. The first-order chi connectivity index (χ1) is 7.98. The van der Waals surface area contributed by atoms with E-state index in [2.05, 4.69) is 23.8 Å². The molecule has 1 unspecified atom stereocenters. The van der Waals surface area contributed by atoms with Gasteiger partial charge in [0.05, 0.1) is 5.60 Å². The van der Waals surface area contributed by atoms with Gasteiger partial charge in [-0.3, -0.25) is 0 Å². The molecule has 102 valence electrons. The number of rotatable bonds is 6. The Labute approximate surface area is 106 Å². The van der Waals surface area contributed by atoms with Crippen LogP contribution in [0, 0.1) is 0 Å². The Morgan fingerprint density at radius 1 is 1.41 bits per heavy atom. The van der Waals surface area contributed by atoms with Crippen LogP contribution in [0.15, 0.2) is 0 Å². The first-order valence-corrected chi connectivity index (χ1v) is 6.83. The minimum Gasteiger partial charge on any atom is -0.389 e. The molecule has 0 aromatic rings. The predicted molar refractivity (Wildman–Crippen MR) is 72.1 cm³/mol. The average molecular weight is 243 g/mol. The van der Waals surface area contributed by atoms with Gasteiger partial charge in [0, 0.05) is 19.1 Å². The smallest absolute Gasteiger partial charge is 0.0753 e. The topological polar surface area (TPSA) is 52.7 Å². The normalized spacial score (nSPS) is 22.9. The van der Waals surface area contributed by atoms with Crippen molar-refractivity contribution in [3.8, 4) is 0 Å². The minimum atomic E-state index is -0.710. The minimum absolute atomic E-state index is 0.342. The van der Waals surface area contributed by atoms with E-state index in [0.29, 0.717) is 12.6 Å².